The zero-order chi connectivity index (χ0) is 13.5. The normalized spacial score (nSPS) is 16.1. The highest BCUT2D eigenvalue weighted by Crippen LogP contribution is 2.35. The lowest BCUT2D eigenvalue weighted by Crippen LogP contribution is -2.42. The van der Waals surface area contributed by atoms with Gasteiger partial charge in [0, 0.05) is 18.5 Å². The molecule has 0 spiro atoms. The molecular formula is C14H19FN2O. The third-order valence-corrected chi connectivity index (χ3v) is 3.21. The largest absolute Gasteiger partial charge is 0.364 e. The Bertz CT molecular complexity index is 491. The van der Waals surface area contributed by atoms with Crippen molar-refractivity contribution in [3.8, 4) is 0 Å². The summed E-state index contributed by atoms with van der Waals surface area (Å²) in [7, 11) is 0. The molecule has 0 bridgehead atoms. The molecule has 1 aliphatic heterocycles. The van der Waals surface area contributed by atoms with E-state index in [1.165, 1.54) is 6.07 Å². The van der Waals surface area contributed by atoms with Gasteiger partial charge in [-0.25, -0.2) is 4.39 Å². The summed E-state index contributed by atoms with van der Waals surface area (Å²) in [4.78, 5) is 13.8. The molecule has 0 saturated heterocycles. The Balaban J connectivity index is 2.57. The Kier molecular flexibility index (Phi) is 3.05. The van der Waals surface area contributed by atoms with Crippen LogP contribution in [-0.2, 0) is 4.79 Å². The number of amides is 1. The van der Waals surface area contributed by atoms with Crippen molar-refractivity contribution in [1.82, 2.24) is 0 Å². The van der Waals surface area contributed by atoms with Gasteiger partial charge in [0.05, 0.1) is 11.4 Å². The van der Waals surface area contributed by atoms with E-state index in [-0.39, 0.29) is 17.3 Å². The fourth-order valence-electron chi connectivity index (χ4n) is 2.23. The van der Waals surface area contributed by atoms with Gasteiger partial charge in [-0.3, -0.25) is 4.79 Å². The molecule has 98 valence electrons. The summed E-state index contributed by atoms with van der Waals surface area (Å²) in [5, 5.41) is 2.77. The highest BCUT2D eigenvalue weighted by atomic mass is 19.1. The summed E-state index contributed by atoms with van der Waals surface area (Å²) < 4.78 is 13.6. The summed E-state index contributed by atoms with van der Waals surface area (Å²) in [6.45, 7) is 8.65. The van der Waals surface area contributed by atoms with Gasteiger partial charge in [0.25, 0.3) is 0 Å². The van der Waals surface area contributed by atoms with E-state index >= 15 is 0 Å². The second-order valence-electron chi connectivity index (χ2n) is 5.74. The maximum absolute atomic E-state index is 13.6. The molecule has 4 heteroatoms. The van der Waals surface area contributed by atoms with Gasteiger partial charge in [0.1, 0.15) is 5.82 Å². The molecule has 18 heavy (non-hydrogen) atoms. The summed E-state index contributed by atoms with van der Waals surface area (Å²) >= 11 is 0. The fourth-order valence-corrected chi connectivity index (χ4v) is 2.23. The predicted molar refractivity (Wildman–Crippen MR) is 71.5 cm³/mol. The van der Waals surface area contributed by atoms with E-state index in [2.05, 4.69) is 31.0 Å². The Morgan fingerprint density at radius 2 is 2.00 bits per heavy atom. The van der Waals surface area contributed by atoms with E-state index in [9.17, 15) is 9.18 Å². The van der Waals surface area contributed by atoms with Crippen LogP contribution in [0.1, 0.15) is 32.8 Å². The highest BCUT2D eigenvalue weighted by molar-refractivity contribution is 5.96. The molecule has 0 aliphatic carbocycles. The summed E-state index contributed by atoms with van der Waals surface area (Å²) in [6.07, 6.45) is 0.423. The molecule has 1 heterocycles. The van der Waals surface area contributed by atoms with Crippen molar-refractivity contribution in [2.24, 2.45) is 0 Å². The average Bonchev–Trinajstić information content (AvgIpc) is 2.37. The van der Waals surface area contributed by atoms with Crippen LogP contribution in [0.3, 0.4) is 0 Å². The molecule has 2 rings (SSSR count). The third-order valence-electron chi connectivity index (χ3n) is 3.21. The van der Waals surface area contributed by atoms with E-state index in [0.717, 1.165) is 5.69 Å². The number of carbonyl (C=O) groups is 1. The summed E-state index contributed by atoms with van der Waals surface area (Å²) in [6, 6.07) is 3.22. The van der Waals surface area contributed by atoms with Crippen LogP contribution in [0.5, 0.6) is 0 Å². The number of fused-ring (bicyclic) bond motifs is 1. The molecule has 3 nitrogen and oxygen atoms in total. The zero-order valence-corrected chi connectivity index (χ0v) is 11.3. The van der Waals surface area contributed by atoms with Crippen LogP contribution >= 0.6 is 0 Å². The lowest BCUT2D eigenvalue weighted by Gasteiger charge is -2.37. The Labute approximate surface area is 107 Å². The second kappa shape index (κ2) is 4.26. The molecule has 0 aromatic heterocycles. The number of hydrogen-bond acceptors (Lipinski definition) is 2. The number of hydrogen-bond donors (Lipinski definition) is 1. The molecule has 1 aromatic rings. The first-order chi connectivity index (χ1) is 8.29. The smallest absolute Gasteiger partial charge is 0.226 e. The van der Waals surface area contributed by atoms with Gasteiger partial charge in [0.15, 0.2) is 0 Å². The first-order valence-electron chi connectivity index (χ1n) is 6.16. The Morgan fingerprint density at radius 1 is 1.33 bits per heavy atom. The van der Waals surface area contributed by atoms with Gasteiger partial charge in [-0.05, 0) is 45.4 Å². The topological polar surface area (TPSA) is 32.3 Å². The van der Waals surface area contributed by atoms with Crippen molar-refractivity contribution in [2.45, 2.75) is 39.7 Å². The number of rotatable bonds is 0. The van der Waals surface area contributed by atoms with Crippen molar-refractivity contribution in [2.75, 3.05) is 16.8 Å². The first-order valence-corrected chi connectivity index (χ1v) is 6.16. The molecule has 1 aromatic carbocycles. The minimum Gasteiger partial charge on any atom is -0.364 e. The fraction of sp³-hybridized carbons (Fsp3) is 0.500. The van der Waals surface area contributed by atoms with Crippen LogP contribution in [-0.4, -0.2) is 18.0 Å². The lowest BCUT2D eigenvalue weighted by molar-refractivity contribution is -0.116. The van der Waals surface area contributed by atoms with Crippen molar-refractivity contribution < 1.29 is 9.18 Å². The number of benzene rings is 1. The quantitative estimate of drug-likeness (QED) is 0.767. The van der Waals surface area contributed by atoms with Crippen LogP contribution in [0.2, 0.25) is 0 Å². The number of nitrogens with zero attached hydrogens (tertiary/aromatic N) is 1. The van der Waals surface area contributed by atoms with Crippen molar-refractivity contribution in [1.29, 1.82) is 0 Å². The highest BCUT2D eigenvalue weighted by Gasteiger charge is 2.28. The van der Waals surface area contributed by atoms with Gasteiger partial charge in [-0.15, -0.1) is 0 Å². The van der Waals surface area contributed by atoms with Crippen LogP contribution in [0, 0.1) is 12.7 Å². The Morgan fingerprint density at radius 3 is 2.61 bits per heavy atom. The van der Waals surface area contributed by atoms with Crippen LogP contribution < -0.4 is 10.2 Å². The molecule has 1 aliphatic rings. The summed E-state index contributed by atoms with van der Waals surface area (Å²) in [5.41, 5.74) is 1.95. The molecule has 1 amide bonds. The zero-order valence-electron chi connectivity index (χ0n) is 11.3. The maximum Gasteiger partial charge on any atom is 0.226 e. The average molecular weight is 250 g/mol. The predicted octanol–water partition coefficient (Wildman–Crippen LogP) is 3.08. The second-order valence-corrected chi connectivity index (χ2v) is 5.74. The number of aryl methyl sites for hydroxylation is 1. The standard InChI is InChI=1S/C14H19FN2O/c1-9-7-12-11(8-10(9)15)16-13(18)5-6-17(12)14(2,3)4/h7-8H,5-6H2,1-4H3,(H,16,18). The molecule has 1 N–H and O–H groups in total. The van der Waals surface area contributed by atoms with Gasteiger partial charge in [-0.2, -0.15) is 0 Å². The molecule has 0 unspecified atom stereocenters. The molecule has 0 radical (unpaired) electrons. The van der Waals surface area contributed by atoms with Crippen LogP contribution in [0.4, 0.5) is 15.8 Å². The molecular weight excluding hydrogens is 231 g/mol. The maximum atomic E-state index is 13.6. The van der Waals surface area contributed by atoms with E-state index < -0.39 is 0 Å². The minimum absolute atomic E-state index is 0.0637. The third kappa shape index (κ3) is 2.33. The number of anilines is 2. The number of halogens is 1. The monoisotopic (exact) mass is 250 g/mol. The van der Waals surface area contributed by atoms with Gasteiger partial charge in [0.2, 0.25) is 5.91 Å². The molecule has 0 saturated carbocycles. The van der Waals surface area contributed by atoms with Crippen molar-refractivity contribution >= 4 is 17.3 Å². The van der Waals surface area contributed by atoms with Crippen LogP contribution in [0.25, 0.3) is 0 Å². The van der Waals surface area contributed by atoms with Crippen molar-refractivity contribution in [3.05, 3.63) is 23.5 Å². The lowest BCUT2D eigenvalue weighted by atomic mass is 10.0. The van der Waals surface area contributed by atoms with E-state index in [4.69, 9.17) is 0 Å². The minimum atomic E-state index is -0.287. The molecule has 0 fully saturated rings. The van der Waals surface area contributed by atoms with Gasteiger partial charge >= 0.3 is 0 Å². The summed E-state index contributed by atoms with van der Waals surface area (Å²) in [5.74, 6) is -0.351. The molecule has 0 atom stereocenters. The number of carbonyl (C=O) groups excluding carboxylic acids is 1. The number of nitrogens with one attached hydrogen (secondary N) is 1. The van der Waals surface area contributed by atoms with E-state index in [1.54, 1.807) is 6.92 Å². The van der Waals surface area contributed by atoms with Crippen LogP contribution in [0.15, 0.2) is 12.1 Å². The van der Waals surface area contributed by atoms with Gasteiger partial charge < -0.3 is 10.2 Å². The van der Waals surface area contributed by atoms with E-state index in [0.29, 0.717) is 24.2 Å². The van der Waals surface area contributed by atoms with Crippen molar-refractivity contribution in [3.63, 3.8) is 0 Å². The Hall–Kier alpha value is -1.58. The SMILES string of the molecule is Cc1cc2c(cc1F)NC(=O)CCN2C(C)(C)C. The van der Waals surface area contributed by atoms with Gasteiger partial charge in [-0.1, -0.05) is 0 Å². The first kappa shape index (κ1) is 12.9. The van der Waals surface area contributed by atoms with E-state index in [1.807, 2.05) is 6.07 Å².